The number of benzene rings is 1. The van der Waals surface area contributed by atoms with Crippen LogP contribution in [0, 0.1) is 0 Å². The third-order valence-corrected chi connectivity index (χ3v) is 9.89. The molecule has 2 amide bonds. The molecule has 0 bridgehead atoms. The summed E-state index contributed by atoms with van der Waals surface area (Å²) in [6, 6.07) is 11.8. The highest BCUT2D eigenvalue weighted by atomic mass is 35.5. The quantitative estimate of drug-likeness (QED) is 0.594. The molecule has 0 radical (unpaired) electrons. The van der Waals surface area contributed by atoms with Crippen molar-refractivity contribution < 1.29 is 9.59 Å². The fraction of sp³-hybridized carbons (Fsp3) is 0.556. The molecule has 3 saturated heterocycles. The number of hydrogen-bond donors (Lipinski definition) is 1. The zero-order valence-electron chi connectivity index (χ0n) is 20.0. The van der Waals surface area contributed by atoms with Crippen LogP contribution in [0.25, 0.3) is 0 Å². The average Bonchev–Trinajstić information content (AvgIpc) is 3.62. The van der Waals surface area contributed by atoms with Crippen LogP contribution < -0.4 is 10.2 Å². The molecule has 0 unspecified atom stereocenters. The number of nitrogens with zero attached hydrogens (tertiary/aromatic N) is 3. The minimum absolute atomic E-state index is 0.0807. The van der Waals surface area contributed by atoms with Crippen LogP contribution in [0.15, 0.2) is 36.4 Å². The third-order valence-electron chi connectivity index (χ3n) is 8.66. The first-order valence-corrected chi connectivity index (χ1v) is 14.2. The van der Waals surface area contributed by atoms with E-state index in [4.69, 9.17) is 11.6 Å². The molecular formula is C27H33ClN4O2S. The van der Waals surface area contributed by atoms with E-state index in [0.29, 0.717) is 21.3 Å². The second-order valence-electron chi connectivity index (χ2n) is 10.6. The molecular weight excluding hydrogens is 480 g/mol. The lowest BCUT2D eigenvalue weighted by Crippen LogP contribution is -2.46. The van der Waals surface area contributed by atoms with Gasteiger partial charge in [-0.2, -0.15) is 0 Å². The van der Waals surface area contributed by atoms with Crippen LogP contribution >= 0.6 is 22.9 Å². The summed E-state index contributed by atoms with van der Waals surface area (Å²) >= 11 is 7.25. The second-order valence-corrected chi connectivity index (χ2v) is 12.3. The summed E-state index contributed by atoms with van der Waals surface area (Å²) in [5, 5.41) is 3.08. The van der Waals surface area contributed by atoms with Gasteiger partial charge in [0.1, 0.15) is 6.04 Å². The van der Waals surface area contributed by atoms with Crippen LogP contribution in [-0.4, -0.2) is 66.5 Å². The van der Waals surface area contributed by atoms with Gasteiger partial charge in [0.25, 0.3) is 5.91 Å². The maximum absolute atomic E-state index is 13.4. The molecule has 1 N–H and O–H groups in total. The van der Waals surface area contributed by atoms with Gasteiger partial charge in [-0.3, -0.25) is 19.4 Å². The van der Waals surface area contributed by atoms with Crippen molar-refractivity contribution in [2.24, 2.45) is 0 Å². The van der Waals surface area contributed by atoms with Gasteiger partial charge in [-0.1, -0.05) is 30.2 Å². The normalized spacial score (nSPS) is 26.2. The van der Waals surface area contributed by atoms with Crippen LogP contribution in [0.3, 0.4) is 0 Å². The fourth-order valence-electron chi connectivity index (χ4n) is 6.45. The minimum Gasteiger partial charge on any atom is -0.346 e. The van der Waals surface area contributed by atoms with Gasteiger partial charge in [0.2, 0.25) is 5.91 Å². The van der Waals surface area contributed by atoms with Crippen molar-refractivity contribution in [3.05, 3.63) is 51.2 Å². The van der Waals surface area contributed by atoms with E-state index in [9.17, 15) is 9.59 Å². The van der Waals surface area contributed by atoms with E-state index in [-0.39, 0.29) is 23.9 Å². The topological polar surface area (TPSA) is 55.9 Å². The zero-order chi connectivity index (χ0) is 24.0. The Balaban J connectivity index is 1.12. The third kappa shape index (κ3) is 4.41. The number of rotatable bonds is 7. The summed E-state index contributed by atoms with van der Waals surface area (Å²) in [5.41, 5.74) is 2.70. The van der Waals surface area contributed by atoms with Crippen molar-refractivity contribution in [2.75, 3.05) is 37.7 Å². The number of carbonyl (C=O) groups is 2. The highest BCUT2D eigenvalue weighted by molar-refractivity contribution is 7.18. The molecule has 8 heteroatoms. The molecule has 2 atom stereocenters. The zero-order valence-corrected chi connectivity index (χ0v) is 21.6. The maximum Gasteiger partial charge on any atom is 0.261 e. The van der Waals surface area contributed by atoms with Gasteiger partial charge >= 0.3 is 0 Å². The molecule has 3 aliphatic heterocycles. The van der Waals surface area contributed by atoms with Crippen LogP contribution in [0.2, 0.25) is 4.34 Å². The van der Waals surface area contributed by atoms with E-state index in [1.807, 2.05) is 4.90 Å². The van der Waals surface area contributed by atoms with E-state index in [0.717, 1.165) is 18.7 Å². The summed E-state index contributed by atoms with van der Waals surface area (Å²) in [5.74, 6) is -0.0683. The Hall–Kier alpha value is -1.93. The molecule has 186 valence electrons. The minimum atomic E-state index is -0.299. The van der Waals surface area contributed by atoms with Gasteiger partial charge in [-0.25, -0.2) is 0 Å². The summed E-state index contributed by atoms with van der Waals surface area (Å²) < 4.78 is 0.592. The van der Waals surface area contributed by atoms with Crippen molar-refractivity contribution in [1.29, 1.82) is 0 Å². The predicted octanol–water partition coefficient (Wildman–Crippen LogP) is 4.49. The number of thiophene rings is 1. The SMILES string of the molecule is O=C(N[C@@H]1CCN2CN(c3ccc(C4(CCN5CCCC5)CCC4)cc3)C(=O)[C@H]12)c1ccc(Cl)s1. The molecule has 1 aliphatic carbocycles. The lowest BCUT2D eigenvalue weighted by molar-refractivity contribution is -0.119. The molecule has 1 saturated carbocycles. The lowest BCUT2D eigenvalue weighted by atomic mass is 9.62. The molecule has 6 nitrogen and oxygen atoms in total. The van der Waals surface area contributed by atoms with Gasteiger partial charge in [0, 0.05) is 12.2 Å². The molecule has 35 heavy (non-hydrogen) atoms. The summed E-state index contributed by atoms with van der Waals surface area (Å²) in [4.78, 5) is 33.4. The van der Waals surface area contributed by atoms with Crippen LogP contribution in [0.5, 0.6) is 0 Å². The van der Waals surface area contributed by atoms with Gasteiger partial charge in [0.15, 0.2) is 0 Å². The van der Waals surface area contributed by atoms with E-state index in [1.165, 1.54) is 75.1 Å². The van der Waals surface area contributed by atoms with Crippen molar-refractivity contribution in [3.63, 3.8) is 0 Å². The standard InChI is InChI=1S/C27H33ClN4O2S/c28-23-9-8-22(35-23)25(33)29-21-10-16-31-18-32(26(34)24(21)31)20-6-4-19(5-7-20)27(11-3-12-27)13-17-30-14-1-2-15-30/h4-9,21,24H,1-3,10-18H2,(H,29,33)/t21-,24+/m1/s1. The molecule has 4 aliphatic rings. The van der Waals surface area contributed by atoms with E-state index < -0.39 is 0 Å². The molecule has 4 fully saturated rings. The van der Waals surface area contributed by atoms with Crippen molar-refractivity contribution in [3.8, 4) is 0 Å². The largest absolute Gasteiger partial charge is 0.346 e. The van der Waals surface area contributed by atoms with Gasteiger partial charge in [-0.05, 0) is 93.4 Å². The van der Waals surface area contributed by atoms with E-state index in [1.54, 1.807) is 12.1 Å². The highest BCUT2D eigenvalue weighted by Gasteiger charge is 2.48. The Morgan fingerprint density at radius 1 is 1.06 bits per heavy atom. The Labute approximate surface area is 216 Å². The highest BCUT2D eigenvalue weighted by Crippen LogP contribution is 2.47. The molecule has 1 aromatic carbocycles. The van der Waals surface area contributed by atoms with Gasteiger partial charge in [0.05, 0.1) is 21.9 Å². The van der Waals surface area contributed by atoms with Crippen molar-refractivity contribution in [1.82, 2.24) is 15.1 Å². The summed E-state index contributed by atoms with van der Waals surface area (Å²) in [6.45, 7) is 5.10. The van der Waals surface area contributed by atoms with E-state index in [2.05, 4.69) is 39.4 Å². The Bertz CT molecular complexity index is 1090. The number of fused-ring (bicyclic) bond motifs is 1. The fourth-order valence-corrected chi connectivity index (χ4v) is 7.40. The number of carbonyl (C=O) groups excluding carboxylic acids is 2. The number of amides is 2. The lowest BCUT2D eigenvalue weighted by Gasteiger charge is -2.43. The van der Waals surface area contributed by atoms with E-state index >= 15 is 0 Å². The number of anilines is 1. The molecule has 1 aromatic heterocycles. The Morgan fingerprint density at radius 2 is 1.83 bits per heavy atom. The number of nitrogens with one attached hydrogen (secondary N) is 1. The van der Waals surface area contributed by atoms with Gasteiger partial charge in [-0.15, -0.1) is 11.3 Å². The number of likely N-dealkylation sites (tertiary alicyclic amines) is 1. The van der Waals surface area contributed by atoms with Gasteiger partial charge < -0.3 is 10.2 Å². The first kappa shape index (κ1) is 23.5. The number of halogens is 1. The molecule has 6 rings (SSSR count). The Morgan fingerprint density at radius 3 is 2.49 bits per heavy atom. The second kappa shape index (κ2) is 9.51. The summed E-state index contributed by atoms with van der Waals surface area (Å²) in [6.07, 6.45) is 8.57. The first-order chi connectivity index (χ1) is 17.0. The molecule has 0 spiro atoms. The number of hydrogen-bond acceptors (Lipinski definition) is 5. The first-order valence-electron chi connectivity index (χ1n) is 13.0. The summed E-state index contributed by atoms with van der Waals surface area (Å²) in [7, 11) is 0. The predicted molar refractivity (Wildman–Crippen MR) is 140 cm³/mol. The smallest absolute Gasteiger partial charge is 0.261 e. The average molecular weight is 513 g/mol. The van der Waals surface area contributed by atoms with Crippen molar-refractivity contribution in [2.45, 2.75) is 62.4 Å². The van der Waals surface area contributed by atoms with Crippen LogP contribution in [0.4, 0.5) is 5.69 Å². The van der Waals surface area contributed by atoms with Crippen LogP contribution in [0.1, 0.15) is 60.2 Å². The van der Waals surface area contributed by atoms with Crippen molar-refractivity contribution >= 4 is 40.4 Å². The molecule has 4 heterocycles. The Kier molecular flexibility index (Phi) is 6.37. The molecule has 2 aromatic rings. The van der Waals surface area contributed by atoms with Crippen LogP contribution in [-0.2, 0) is 10.2 Å². The maximum atomic E-state index is 13.4. The monoisotopic (exact) mass is 512 g/mol.